The van der Waals surface area contributed by atoms with E-state index in [9.17, 15) is 28.1 Å². The fourth-order valence-corrected chi connectivity index (χ4v) is 3.06. The highest BCUT2D eigenvalue weighted by Crippen LogP contribution is 2.34. The first-order valence-electron chi connectivity index (χ1n) is 8.83. The number of rotatable bonds is 5. The zero-order valence-corrected chi connectivity index (χ0v) is 15.8. The highest BCUT2D eigenvalue weighted by molar-refractivity contribution is 5.93. The minimum absolute atomic E-state index is 0.0729. The van der Waals surface area contributed by atoms with Crippen molar-refractivity contribution in [2.24, 2.45) is 0 Å². The molecule has 14 heteroatoms. The third kappa shape index (κ3) is 3.92. The second-order valence-electron chi connectivity index (χ2n) is 6.58. The summed E-state index contributed by atoms with van der Waals surface area (Å²) in [5.74, 6) is -0.691. The van der Waals surface area contributed by atoms with Gasteiger partial charge in [-0.15, -0.1) is 0 Å². The van der Waals surface area contributed by atoms with Gasteiger partial charge < -0.3 is 15.6 Å². The van der Waals surface area contributed by atoms with Gasteiger partial charge in [0.15, 0.2) is 17.3 Å². The molecule has 164 valence electrons. The number of fused-ring (bicyclic) bond motifs is 1. The summed E-state index contributed by atoms with van der Waals surface area (Å²) in [5, 5.41) is 20.4. The van der Waals surface area contributed by atoms with Crippen LogP contribution in [0.15, 0.2) is 47.1 Å². The standard InChI is InChI=1S/C18H12F3N7O4/c19-18(20,21)9-5-10(7-11(6-9)28(30)31)23-14(29)8-27-13-4-2-1-3-12(13)24-17(27)15-16(22)26-32-25-15/h1-7H,8H2,(H2,22,26)(H,23,29). The number of alkyl halides is 3. The molecule has 2 aromatic carbocycles. The second-order valence-corrected chi connectivity index (χ2v) is 6.58. The van der Waals surface area contributed by atoms with Crippen molar-refractivity contribution in [2.75, 3.05) is 11.1 Å². The van der Waals surface area contributed by atoms with Crippen LogP contribution in [0.25, 0.3) is 22.6 Å². The predicted molar refractivity (Wildman–Crippen MR) is 104 cm³/mol. The van der Waals surface area contributed by atoms with Crippen molar-refractivity contribution in [1.82, 2.24) is 19.9 Å². The van der Waals surface area contributed by atoms with E-state index in [1.807, 2.05) is 0 Å². The number of carbonyl (C=O) groups excluding carboxylic acids is 1. The molecule has 2 heterocycles. The van der Waals surface area contributed by atoms with Crippen LogP contribution in [0.5, 0.6) is 0 Å². The van der Waals surface area contributed by atoms with Crippen LogP contribution in [-0.4, -0.2) is 30.7 Å². The molecule has 0 saturated carbocycles. The number of aromatic nitrogens is 4. The van der Waals surface area contributed by atoms with E-state index in [0.717, 1.165) is 6.07 Å². The number of benzene rings is 2. The van der Waals surface area contributed by atoms with Gasteiger partial charge in [-0.2, -0.15) is 13.2 Å². The molecular weight excluding hydrogens is 435 g/mol. The number of nitrogens with zero attached hydrogens (tertiary/aromatic N) is 5. The topological polar surface area (TPSA) is 155 Å². The lowest BCUT2D eigenvalue weighted by Gasteiger charge is -2.12. The van der Waals surface area contributed by atoms with Gasteiger partial charge in [0.2, 0.25) is 5.91 Å². The van der Waals surface area contributed by atoms with E-state index in [-0.39, 0.29) is 23.0 Å². The fourth-order valence-electron chi connectivity index (χ4n) is 3.06. The summed E-state index contributed by atoms with van der Waals surface area (Å²) >= 11 is 0. The van der Waals surface area contributed by atoms with Crippen LogP contribution in [0.1, 0.15) is 5.56 Å². The number of nitrogens with two attached hydrogens (primary N) is 1. The number of carbonyl (C=O) groups is 1. The van der Waals surface area contributed by atoms with Gasteiger partial charge in [-0.25, -0.2) is 9.61 Å². The van der Waals surface area contributed by atoms with Crippen LogP contribution >= 0.6 is 0 Å². The monoisotopic (exact) mass is 447 g/mol. The lowest BCUT2D eigenvalue weighted by molar-refractivity contribution is -0.385. The van der Waals surface area contributed by atoms with Gasteiger partial charge in [-0.05, 0) is 28.5 Å². The Kier molecular flexibility index (Phi) is 4.96. The van der Waals surface area contributed by atoms with Gasteiger partial charge in [0.05, 0.1) is 21.5 Å². The molecule has 3 N–H and O–H groups in total. The third-order valence-electron chi connectivity index (χ3n) is 4.42. The molecule has 0 atom stereocenters. The maximum Gasteiger partial charge on any atom is 0.416 e. The van der Waals surface area contributed by atoms with Crippen LogP contribution < -0.4 is 11.1 Å². The first kappa shape index (κ1) is 20.8. The lowest BCUT2D eigenvalue weighted by atomic mass is 10.1. The summed E-state index contributed by atoms with van der Waals surface area (Å²) in [7, 11) is 0. The average molecular weight is 447 g/mol. The Morgan fingerprint density at radius 3 is 2.62 bits per heavy atom. The Hall–Kier alpha value is -4.49. The minimum Gasteiger partial charge on any atom is -0.379 e. The van der Waals surface area contributed by atoms with Crippen molar-refractivity contribution in [1.29, 1.82) is 0 Å². The Labute approximate surface area is 175 Å². The Morgan fingerprint density at radius 1 is 1.22 bits per heavy atom. The number of nitro benzene ring substituents is 1. The highest BCUT2D eigenvalue weighted by Gasteiger charge is 2.33. The number of nitro groups is 1. The molecule has 32 heavy (non-hydrogen) atoms. The van der Waals surface area contributed by atoms with E-state index in [2.05, 4.69) is 25.2 Å². The van der Waals surface area contributed by atoms with Gasteiger partial charge in [-0.3, -0.25) is 14.9 Å². The summed E-state index contributed by atoms with van der Waals surface area (Å²) in [6, 6.07) is 8.58. The molecule has 0 fully saturated rings. The van der Waals surface area contributed by atoms with Crippen molar-refractivity contribution in [3.8, 4) is 11.5 Å². The van der Waals surface area contributed by atoms with E-state index < -0.39 is 34.8 Å². The van der Waals surface area contributed by atoms with Gasteiger partial charge >= 0.3 is 6.18 Å². The SMILES string of the molecule is Nc1nonc1-c1nc2ccccc2n1CC(=O)Nc1cc([N+](=O)[O-])cc(C(F)(F)F)c1. The normalized spacial score (nSPS) is 11.6. The molecule has 0 unspecified atom stereocenters. The summed E-state index contributed by atoms with van der Waals surface area (Å²) in [6.45, 7) is -0.411. The number of para-hydroxylation sites is 2. The van der Waals surface area contributed by atoms with Crippen LogP contribution in [0.2, 0.25) is 0 Å². The number of non-ortho nitro benzene ring substituents is 1. The second kappa shape index (κ2) is 7.64. The molecule has 0 bridgehead atoms. The van der Waals surface area contributed by atoms with Gasteiger partial charge in [0.1, 0.15) is 6.54 Å². The molecule has 4 rings (SSSR count). The summed E-state index contributed by atoms with van der Waals surface area (Å²) in [6.07, 6.45) is -4.84. The first-order valence-corrected chi connectivity index (χ1v) is 8.83. The molecule has 0 radical (unpaired) electrons. The zero-order valence-electron chi connectivity index (χ0n) is 15.8. The Balaban J connectivity index is 1.69. The van der Waals surface area contributed by atoms with Crippen LogP contribution in [-0.2, 0) is 17.5 Å². The van der Waals surface area contributed by atoms with Crippen molar-refractivity contribution in [3.05, 3.63) is 58.1 Å². The van der Waals surface area contributed by atoms with Gasteiger partial charge in [-0.1, -0.05) is 12.1 Å². The summed E-state index contributed by atoms with van der Waals surface area (Å²) in [5.41, 5.74) is 4.34. The van der Waals surface area contributed by atoms with E-state index in [0.29, 0.717) is 23.2 Å². The summed E-state index contributed by atoms with van der Waals surface area (Å²) in [4.78, 5) is 27.1. The average Bonchev–Trinajstić information content (AvgIpc) is 3.30. The number of nitrogen functional groups attached to an aromatic ring is 1. The molecular formula is C18H12F3N7O4. The molecule has 0 spiro atoms. The van der Waals surface area contributed by atoms with Crippen LogP contribution in [0.3, 0.4) is 0 Å². The Morgan fingerprint density at radius 2 is 1.97 bits per heavy atom. The number of halogens is 3. The number of anilines is 2. The smallest absolute Gasteiger partial charge is 0.379 e. The van der Waals surface area contributed by atoms with E-state index in [1.165, 1.54) is 4.57 Å². The van der Waals surface area contributed by atoms with Crippen molar-refractivity contribution < 1.29 is 27.5 Å². The number of hydrogen-bond donors (Lipinski definition) is 2. The quantitative estimate of drug-likeness (QED) is 0.349. The van der Waals surface area contributed by atoms with Crippen LogP contribution in [0, 0.1) is 10.1 Å². The highest BCUT2D eigenvalue weighted by atomic mass is 19.4. The minimum atomic E-state index is -4.84. The van der Waals surface area contributed by atoms with Crippen molar-refractivity contribution >= 4 is 34.1 Å². The zero-order chi connectivity index (χ0) is 23.0. The number of imidazole rings is 1. The van der Waals surface area contributed by atoms with E-state index >= 15 is 0 Å². The predicted octanol–water partition coefficient (Wildman–Crippen LogP) is 3.23. The lowest BCUT2D eigenvalue weighted by Crippen LogP contribution is -2.20. The van der Waals surface area contributed by atoms with Crippen molar-refractivity contribution in [3.63, 3.8) is 0 Å². The molecule has 0 saturated heterocycles. The van der Waals surface area contributed by atoms with Gasteiger partial charge in [0, 0.05) is 17.8 Å². The number of nitrogens with one attached hydrogen (secondary N) is 1. The maximum absolute atomic E-state index is 13.1. The molecule has 0 aliphatic carbocycles. The molecule has 0 aliphatic heterocycles. The first-order chi connectivity index (χ1) is 15.1. The van der Waals surface area contributed by atoms with E-state index in [1.54, 1.807) is 24.3 Å². The Bertz CT molecular complexity index is 1350. The maximum atomic E-state index is 13.1. The number of amides is 1. The fraction of sp³-hybridized carbons (Fsp3) is 0.111. The van der Waals surface area contributed by atoms with Crippen molar-refractivity contribution in [2.45, 2.75) is 12.7 Å². The molecule has 0 aliphatic rings. The van der Waals surface area contributed by atoms with Gasteiger partial charge in [0.25, 0.3) is 5.69 Å². The van der Waals surface area contributed by atoms with E-state index in [4.69, 9.17) is 5.73 Å². The largest absolute Gasteiger partial charge is 0.416 e. The number of hydrogen-bond acceptors (Lipinski definition) is 8. The third-order valence-corrected chi connectivity index (χ3v) is 4.42. The molecule has 1 amide bonds. The molecule has 11 nitrogen and oxygen atoms in total. The molecule has 4 aromatic rings. The van der Waals surface area contributed by atoms with Crippen LogP contribution in [0.4, 0.5) is 30.4 Å². The molecule has 2 aromatic heterocycles. The summed E-state index contributed by atoms with van der Waals surface area (Å²) < 4.78 is 45.3.